The lowest BCUT2D eigenvalue weighted by Gasteiger charge is -2.25. The summed E-state index contributed by atoms with van der Waals surface area (Å²) >= 11 is 0. The molecule has 19 heavy (non-hydrogen) atoms. The minimum absolute atomic E-state index is 0.161. The highest BCUT2D eigenvalue weighted by Crippen LogP contribution is 2.26. The van der Waals surface area contributed by atoms with Gasteiger partial charge in [-0.1, -0.05) is 13.3 Å². The summed E-state index contributed by atoms with van der Waals surface area (Å²) in [5, 5.41) is 2.92. The molecule has 0 aromatic rings. The van der Waals surface area contributed by atoms with Gasteiger partial charge in [0.15, 0.2) is 0 Å². The van der Waals surface area contributed by atoms with Gasteiger partial charge >= 0.3 is 0 Å². The molecule has 0 aliphatic heterocycles. The second kappa shape index (κ2) is 10.2. The molecule has 1 aliphatic carbocycles. The van der Waals surface area contributed by atoms with Crippen LogP contribution < -0.4 is 11.1 Å². The topological polar surface area (TPSA) is 64.3 Å². The molecule has 0 heterocycles. The van der Waals surface area contributed by atoms with Crippen molar-refractivity contribution < 1.29 is 9.53 Å². The van der Waals surface area contributed by atoms with Crippen molar-refractivity contribution >= 4 is 5.91 Å². The number of carbonyl (C=O) groups excluding carboxylic acids is 1. The quantitative estimate of drug-likeness (QED) is 0.631. The van der Waals surface area contributed by atoms with Crippen molar-refractivity contribution in [3.63, 3.8) is 0 Å². The van der Waals surface area contributed by atoms with Gasteiger partial charge in [0.2, 0.25) is 5.91 Å². The smallest absolute Gasteiger partial charge is 0.220 e. The van der Waals surface area contributed by atoms with Crippen molar-refractivity contribution in [1.29, 1.82) is 0 Å². The van der Waals surface area contributed by atoms with E-state index < -0.39 is 0 Å². The zero-order valence-electron chi connectivity index (χ0n) is 12.3. The fourth-order valence-corrected chi connectivity index (χ4v) is 2.51. The molecule has 0 aromatic heterocycles. The van der Waals surface area contributed by atoms with Crippen LogP contribution in [0.15, 0.2) is 0 Å². The first-order chi connectivity index (χ1) is 9.22. The minimum atomic E-state index is 0.161. The van der Waals surface area contributed by atoms with Crippen LogP contribution in [-0.2, 0) is 9.53 Å². The number of hydrogen-bond donors (Lipinski definition) is 2. The summed E-state index contributed by atoms with van der Waals surface area (Å²) < 4.78 is 5.40. The number of amides is 1. The lowest BCUT2D eigenvalue weighted by molar-refractivity contribution is -0.121. The van der Waals surface area contributed by atoms with Gasteiger partial charge in [-0.05, 0) is 44.4 Å². The van der Waals surface area contributed by atoms with E-state index >= 15 is 0 Å². The molecule has 0 saturated heterocycles. The summed E-state index contributed by atoms with van der Waals surface area (Å²) in [7, 11) is 0. The van der Waals surface area contributed by atoms with Crippen LogP contribution in [0.25, 0.3) is 0 Å². The van der Waals surface area contributed by atoms with Crippen molar-refractivity contribution in [2.45, 2.75) is 64.3 Å². The summed E-state index contributed by atoms with van der Waals surface area (Å²) in [5.41, 5.74) is 5.88. The summed E-state index contributed by atoms with van der Waals surface area (Å²) in [4.78, 5) is 11.6. The molecule has 1 saturated carbocycles. The second-order valence-electron chi connectivity index (χ2n) is 5.64. The molecule has 3 N–H and O–H groups in total. The van der Waals surface area contributed by atoms with Crippen LogP contribution in [0.3, 0.4) is 0 Å². The van der Waals surface area contributed by atoms with Gasteiger partial charge in [-0.15, -0.1) is 0 Å². The predicted molar refractivity (Wildman–Crippen MR) is 77.9 cm³/mol. The molecule has 4 nitrogen and oxygen atoms in total. The summed E-state index contributed by atoms with van der Waals surface area (Å²) in [6.45, 7) is 4.21. The maximum Gasteiger partial charge on any atom is 0.220 e. The van der Waals surface area contributed by atoms with Crippen LogP contribution in [-0.4, -0.2) is 31.7 Å². The Balaban J connectivity index is 1.93. The Morgan fingerprint density at radius 3 is 2.68 bits per heavy atom. The Hall–Kier alpha value is -0.610. The molecule has 1 aliphatic rings. The number of ether oxygens (including phenoxy) is 1. The van der Waals surface area contributed by atoms with Gasteiger partial charge in [-0.3, -0.25) is 4.79 Å². The van der Waals surface area contributed by atoms with Crippen LogP contribution in [0.5, 0.6) is 0 Å². The maximum absolute atomic E-state index is 11.6. The number of unbranched alkanes of at least 4 members (excludes halogenated alkanes) is 1. The molecular formula is C15H30N2O2. The highest BCUT2D eigenvalue weighted by molar-refractivity contribution is 5.75. The van der Waals surface area contributed by atoms with Crippen molar-refractivity contribution in [3.8, 4) is 0 Å². The fraction of sp³-hybridized carbons (Fsp3) is 0.933. The number of nitrogens with one attached hydrogen (secondary N) is 1. The van der Waals surface area contributed by atoms with Gasteiger partial charge in [0.05, 0.1) is 6.61 Å². The molecule has 1 amide bonds. The second-order valence-corrected chi connectivity index (χ2v) is 5.64. The Kier molecular flexibility index (Phi) is 8.84. The maximum atomic E-state index is 11.6. The largest absolute Gasteiger partial charge is 0.380 e. The van der Waals surface area contributed by atoms with Gasteiger partial charge in [-0.25, -0.2) is 0 Å². The minimum Gasteiger partial charge on any atom is -0.380 e. The fourth-order valence-electron chi connectivity index (χ4n) is 2.51. The zero-order valence-corrected chi connectivity index (χ0v) is 12.3. The number of hydrogen-bond acceptors (Lipinski definition) is 3. The SMILES string of the molecule is CCCCOCCNC(=O)CCC1CCC(N)CC1. The van der Waals surface area contributed by atoms with E-state index in [2.05, 4.69) is 12.2 Å². The van der Waals surface area contributed by atoms with E-state index in [9.17, 15) is 4.79 Å². The van der Waals surface area contributed by atoms with E-state index in [1.807, 2.05) is 0 Å². The van der Waals surface area contributed by atoms with Crippen LogP contribution in [0.4, 0.5) is 0 Å². The Morgan fingerprint density at radius 2 is 2.00 bits per heavy atom. The first-order valence-electron chi connectivity index (χ1n) is 7.82. The third-order valence-electron chi connectivity index (χ3n) is 3.88. The average Bonchev–Trinajstić information content (AvgIpc) is 2.42. The summed E-state index contributed by atoms with van der Waals surface area (Å²) in [6.07, 6.45) is 8.53. The molecule has 0 atom stereocenters. The third-order valence-corrected chi connectivity index (χ3v) is 3.88. The average molecular weight is 270 g/mol. The van der Waals surface area contributed by atoms with Crippen LogP contribution in [0, 0.1) is 5.92 Å². The molecule has 0 unspecified atom stereocenters. The van der Waals surface area contributed by atoms with E-state index in [0.29, 0.717) is 31.5 Å². The molecule has 112 valence electrons. The first-order valence-corrected chi connectivity index (χ1v) is 7.82. The number of rotatable bonds is 9. The Morgan fingerprint density at radius 1 is 1.26 bits per heavy atom. The number of nitrogens with two attached hydrogens (primary N) is 1. The zero-order chi connectivity index (χ0) is 13.9. The van der Waals surface area contributed by atoms with Crippen molar-refractivity contribution in [3.05, 3.63) is 0 Å². The van der Waals surface area contributed by atoms with Gasteiger partial charge in [0.25, 0.3) is 0 Å². The van der Waals surface area contributed by atoms with Crippen LogP contribution >= 0.6 is 0 Å². The van der Waals surface area contributed by atoms with Gasteiger partial charge in [0, 0.05) is 25.6 Å². The standard InChI is InChI=1S/C15H30N2O2/c1-2-3-11-19-12-10-17-15(18)9-6-13-4-7-14(16)8-5-13/h13-14H,2-12,16H2,1H3,(H,17,18). The van der Waals surface area contributed by atoms with E-state index in [0.717, 1.165) is 38.7 Å². The third kappa shape index (κ3) is 8.22. The molecular weight excluding hydrogens is 240 g/mol. The lowest BCUT2D eigenvalue weighted by atomic mass is 9.84. The van der Waals surface area contributed by atoms with Gasteiger partial charge in [-0.2, -0.15) is 0 Å². The van der Waals surface area contributed by atoms with E-state index in [4.69, 9.17) is 10.5 Å². The molecule has 1 rings (SSSR count). The molecule has 0 radical (unpaired) electrons. The van der Waals surface area contributed by atoms with E-state index in [1.165, 1.54) is 12.8 Å². The van der Waals surface area contributed by atoms with Crippen LogP contribution in [0.1, 0.15) is 58.3 Å². The predicted octanol–water partition coefficient (Wildman–Crippen LogP) is 2.22. The highest BCUT2D eigenvalue weighted by Gasteiger charge is 2.18. The van der Waals surface area contributed by atoms with E-state index in [1.54, 1.807) is 0 Å². The molecule has 0 bridgehead atoms. The number of carbonyl (C=O) groups is 1. The molecule has 1 fully saturated rings. The first kappa shape index (κ1) is 16.4. The summed E-state index contributed by atoms with van der Waals surface area (Å²) in [6, 6.07) is 0.394. The molecule has 0 aromatic carbocycles. The highest BCUT2D eigenvalue weighted by atomic mass is 16.5. The summed E-state index contributed by atoms with van der Waals surface area (Å²) in [5.74, 6) is 0.861. The van der Waals surface area contributed by atoms with Crippen LogP contribution in [0.2, 0.25) is 0 Å². The van der Waals surface area contributed by atoms with Crippen molar-refractivity contribution in [1.82, 2.24) is 5.32 Å². The lowest BCUT2D eigenvalue weighted by Crippen LogP contribution is -2.29. The Bertz CT molecular complexity index is 238. The van der Waals surface area contributed by atoms with E-state index in [-0.39, 0.29) is 5.91 Å². The normalized spacial score (nSPS) is 23.3. The van der Waals surface area contributed by atoms with Crippen molar-refractivity contribution in [2.75, 3.05) is 19.8 Å². The van der Waals surface area contributed by atoms with Crippen molar-refractivity contribution in [2.24, 2.45) is 11.7 Å². The van der Waals surface area contributed by atoms with Gasteiger partial charge < -0.3 is 15.8 Å². The molecule has 0 spiro atoms. The van der Waals surface area contributed by atoms with Gasteiger partial charge in [0.1, 0.15) is 0 Å². The molecule has 4 heteroatoms. The Labute approximate surface area is 117 Å². The monoisotopic (exact) mass is 270 g/mol.